The topological polar surface area (TPSA) is 67.4 Å². The second-order valence-corrected chi connectivity index (χ2v) is 11.2. The molecule has 2 N–H and O–H groups in total. The molecule has 3 aromatic rings. The van der Waals surface area contributed by atoms with Crippen LogP contribution in [0.1, 0.15) is 35.1 Å². The number of aryl methyl sites for hydroxylation is 1. The summed E-state index contributed by atoms with van der Waals surface area (Å²) in [6.45, 7) is 1.94. The zero-order valence-electron chi connectivity index (χ0n) is 18.4. The van der Waals surface area contributed by atoms with Gasteiger partial charge in [0.05, 0.1) is 18.0 Å². The first-order valence-corrected chi connectivity index (χ1v) is 13.1. The monoisotopic (exact) mass is 524 g/mol. The van der Waals surface area contributed by atoms with Crippen LogP contribution in [-0.4, -0.2) is 15.5 Å². The van der Waals surface area contributed by atoms with Crippen molar-refractivity contribution in [3.63, 3.8) is 0 Å². The summed E-state index contributed by atoms with van der Waals surface area (Å²) in [6.07, 6.45) is 5.30. The summed E-state index contributed by atoms with van der Waals surface area (Å²) in [5.74, 6) is 1.23. The number of ether oxygens (including phenoxy) is 1. The van der Waals surface area contributed by atoms with Crippen LogP contribution in [-0.2, 0) is 10.0 Å². The summed E-state index contributed by atoms with van der Waals surface area (Å²) in [5.41, 5.74) is 4.61. The highest BCUT2D eigenvalue weighted by molar-refractivity contribution is 9.10. The molecule has 3 aromatic carbocycles. The lowest BCUT2D eigenvalue weighted by atomic mass is 9.77. The lowest BCUT2D eigenvalue weighted by molar-refractivity contribution is 0.381. The van der Waals surface area contributed by atoms with Crippen molar-refractivity contribution in [3.8, 4) is 5.75 Å². The second kappa shape index (κ2) is 8.54. The van der Waals surface area contributed by atoms with Gasteiger partial charge < -0.3 is 10.1 Å². The highest BCUT2D eigenvalue weighted by Gasteiger charge is 2.39. The Bertz CT molecular complexity index is 1350. The minimum absolute atomic E-state index is 0.0535. The fraction of sp³-hybridized carbons (Fsp3) is 0.231. The van der Waals surface area contributed by atoms with Crippen LogP contribution in [0.5, 0.6) is 5.75 Å². The molecule has 1 aliphatic carbocycles. The van der Waals surface area contributed by atoms with Gasteiger partial charge in [0.2, 0.25) is 0 Å². The molecule has 3 atom stereocenters. The van der Waals surface area contributed by atoms with E-state index < -0.39 is 10.0 Å². The van der Waals surface area contributed by atoms with Gasteiger partial charge in [-0.05, 0) is 78.9 Å². The molecule has 5 nitrogen and oxygen atoms in total. The van der Waals surface area contributed by atoms with Crippen LogP contribution in [0, 0.1) is 12.8 Å². The standard InChI is InChI=1S/C26H25BrN2O3S/c1-16-5-3-6-18(13-16)29-33(30,31)19-10-11-24-22(15-19)20-7-4-8-21(20)26(28-24)23-14-17(27)9-12-25(23)32-2/h3-7,9-15,20-21,26,28-29H,8H2,1-2H3/t20-,21+,26-/m1/s1. The van der Waals surface area contributed by atoms with Crippen LogP contribution < -0.4 is 14.8 Å². The number of anilines is 2. The third-order valence-electron chi connectivity index (χ3n) is 6.44. The van der Waals surface area contributed by atoms with Gasteiger partial charge in [-0.25, -0.2) is 8.42 Å². The normalized spacial score (nSPS) is 21.1. The molecule has 33 heavy (non-hydrogen) atoms. The van der Waals surface area contributed by atoms with Crippen molar-refractivity contribution in [3.05, 3.63) is 94.0 Å². The number of allylic oxidation sites excluding steroid dienone is 2. The highest BCUT2D eigenvalue weighted by atomic mass is 79.9. The fourth-order valence-corrected chi connectivity index (χ4v) is 6.38. The predicted octanol–water partition coefficient (Wildman–Crippen LogP) is 6.39. The van der Waals surface area contributed by atoms with Crippen molar-refractivity contribution in [1.82, 2.24) is 0 Å². The first kappa shape index (κ1) is 22.0. The highest BCUT2D eigenvalue weighted by Crippen LogP contribution is 2.51. The van der Waals surface area contributed by atoms with Crippen molar-refractivity contribution >= 4 is 37.3 Å². The van der Waals surface area contributed by atoms with Crippen molar-refractivity contribution < 1.29 is 13.2 Å². The molecule has 0 unspecified atom stereocenters. The molecule has 7 heteroatoms. The molecular weight excluding hydrogens is 500 g/mol. The molecule has 0 saturated carbocycles. The van der Waals surface area contributed by atoms with Gasteiger partial charge in [-0.2, -0.15) is 0 Å². The summed E-state index contributed by atoms with van der Waals surface area (Å²) in [6, 6.07) is 18.8. The van der Waals surface area contributed by atoms with Crippen LogP contribution in [0.2, 0.25) is 0 Å². The average molecular weight is 525 g/mol. The molecule has 0 fully saturated rings. The molecule has 0 bridgehead atoms. The number of fused-ring (bicyclic) bond motifs is 3. The van der Waals surface area contributed by atoms with Crippen molar-refractivity contribution in [2.45, 2.75) is 30.2 Å². The van der Waals surface area contributed by atoms with Gasteiger partial charge in [-0.1, -0.05) is 40.2 Å². The quantitative estimate of drug-likeness (QED) is 0.379. The second-order valence-electron chi connectivity index (χ2n) is 8.59. The average Bonchev–Trinajstić information content (AvgIpc) is 3.28. The van der Waals surface area contributed by atoms with Gasteiger partial charge in [0.1, 0.15) is 5.75 Å². The van der Waals surface area contributed by atoms with Crippen LogP contribution in [0.15, 0.2) is 82.2 Å². The number of hydrogen-bond acceptors (Lipinski definition) is 4. The number of nitrogens with one attached hydrogen (secondary N) is 2. The molecule has 0 saturated heterocycles. The molecular formula is C26H25BrN2O3S. The zero-order valence-corrected chi connectivity index (χ0v) is 20.8. The van der Waals surface area contributed by atoms with E-state index in [9.17, 15) is 8.42 Å². The summed E-state index contributed by atoms with van der Waals surface area (Å²) in [7, 11) is -2.02. The Morgan fingerprint density at radius 3 is 2.70 bits per heavy atom. The number of methoxy groups -OCH3 is 1. The Balaban J connectivity index is 1.51. The van der Waals surface area contributed by atoms with E-state index in [-0.39, 0.29) is 22.8 Å². The first-order chi connectivity index (χ1) is 15.9. The molecule has 170 valence electrons. The van der Waals surface area contributed by atoms with Crippen LogP contribution in [0.4, 0.5) is 11.4 Å². The largest absolute Gasteiger partial charge is 0.496 e. The van der Waals surface area contributed by atoms with E-state index >= 15 is 0 Å². The van der Waals surface area contributed by atoms with E-state index in [4.69, 9.17) is 4.74 Å². The fourth-order valence-electron chi connectivity index (χ4n) is 4.92. The Labute approximate surface area is 203 Å². The summed E-state index contributed by atoms with van der Waals surface area (Å²) < 4.78 is 35.6. The van der Waals surface area contributed by atoms with Crippen LogP contribution >= 0.6 is 15.9 Å². The molecule has 5 rings (SSSR count). The Hall–Kier alpha value is -2.77. The number of sulfonamides is 1. The number of hydrogen-bond donors (Lipinski definition) is 2. The van der Waals surface area contributed by atoms with E-state index in [1.807, 2.05) is 49.4 Å². The van der Waals surface area contributed by atoms with Gasteiger partial charge >= 0.3 is 0 Å². The van der Waals surface area contributed by atoms with E-state index in [0.29, 0.717) is 5.69 Å². The van der Waals surface area contributed by atoms with E-state index in [1.54, 1.807) is 19.2 Å². The van der Waals surface area contributed by atoms with E-state index in [0.717, 1.165) is 39.0 Å². The van der Waals surface area contributed by atoms with Gasteiger partial charge in [-0.15, -0.1) is 0 Å². The lowest BCUT2D eigenvalue weighted by Crippen LogP contribution is -2.29. The maximum absolute atomic E-state index is 13.1. The zero-order chi connectivity index (χ0) is 23.2. The third-order valence-corrected chi connectivity index (χ3v) is 8.31. The molecule has 1 heterocycles. The molecule has 0 radical (unpaired) electrons. The smallest absolute Gasteiger partial charge is 0.261 e. The molecule has 0 spiro atoms. The molecule has 2 aliphatic rings. The van der Waals surface area contributed by atoms with Gasteiger partial charge in [0.25, 0.3) is 10.0 Å². The van der Waals surface area contributed by atoms with Gasteiger partial charge in [0, 0.05) is 27.3 Å². The molecule has 0 aromatic heterocycles. The first-order valence-electron chi connectivity index (χ1n) is 10.9. The Morgan fingerprint density at radius 2 is 1.91 bits per heavy atom. The van der Waals surface area contributed by atoms with Crippen LogP contribution in [0.3, 0.4) is 0 Å². The lowest BCUT2D eigenvalue weighted by Gasteiger charge is -2.38. The summed E-state index contributed by atoms with van der Waals surface area (Å²) in [4.78, 5) is 0.266. The summed E-state index contributed by atoms with van der Waals surface area (Å²) >= 11 is 3.59. The number of benzene rings is 3. The minimum Gasteiger partial charge on any atom is -0.496 e. The van der Waals surface area contributed by atoms with Gasteiger partial charge in [-0.3, -0.25) is 4.72 Å². The number of rotatable bonds is 5. The van der Waals surface area contributed by atoms with E-state index in [2.05, 4.69) is 44.2 Å². The minimum atomic E-state index is -3.70. The van der Waals surface area contributed by atoms with Crippen molar-refractivity contribution in [1.29, 1.82) is 0 Å². The van der Waals surface area contributed by atoms with Crippen molar-refractivity contribution in [2.24, 2.45) is 5.92 Å². The maximum atomic E-state index is 13.1. The van der Waals surface area contributed by atoms with Crippen molar-refractivity contribution in [2.75, 3.05) is 17.1 Å². The number of halogens is 1. The Morgan fingerprint density at radius 1 is 1.06 bits per heavy atom. The maximum Gasteiger partial charge on any atom is 0.261 e. The van der Waals surface area contributed by atoms with Crippen LogP contribution in [0.25, 0.3) is 0 Å². The van der Waals surface area contributed by atoms with E-state index in [1.165, 1.54) is 0 Å². The Kier molecular flexibility index (Phi) is 5.70. The summed E-state index contributed by atoms with van der Waals surface area (Å²) in [5, 5.41) is 3.67. The SMILES string of the molecule is COc1ccc(Br)cc1[C@@H]1Nc2ccc(S(=O)(=O)Nc3cccc(C)c3)cc2[C@@H]2C=CC[C@@H]21. The van der Waals surface area contributed by atoms with Gasteiger partial charge in [0.15, 0.2) is 0 Å². The molecule has 1 aliphatic heterocycles. The predicted molar refractivity (Wildman–Crippen MR) is 135 cm³/mol. The molecule has 0 amide bonds. The third kappa shape index (κ3) is 4.15.